The van der Waals surface area contributed by atoms with E-state index in [2.05, 4.69) is 21.4 Å². The first-order valence-electron chi connectivity index (χ1n) is 9.41. The minimum absolute atomic E-state index is 0.233. The summed E-state index contributed by atoms with van der Waals surface area (Å²) in [5.41, 5.74) is 3.41. The zero-order valence-corrected chi connectivity index (χ0v) is 15.8. The van der Waals surface area contributed by atoms with Gasteiger partial charge < -0.3 is 5.32 Å². The molecule has 0 bridgehead atoms. The van der Waals surface area contributed by atoms with Crippen LogP contribution in [0.25, 0.3) is 27.7 Å². The Labute approximate surface area is 172 Å². The van der Waals surface area contributed by atoms with Crippen molar-refractivity contribution in [2.75, 3.05) is 5.32 Å². The van der Waals surface area contributed by atoms with E-state index in [-0.39, 0.29) is 5.91 Å². The lowest BCUT2D eigenvalue weighted by molar-refractivity contribution is -0.498. The van der Waals surface area contributed by atoms with Crippen LogP contribution < -0.4 is 9.72 Å². The van der Waals surface area contributed by atoms with Gasteiger partial charge in [0.2, 0.25) is 5.69 Å². The molecule has 0 unspecified atom stereocenters. The molecule has 142 valence electrons. The number of anilines is 1. The number of H-pyrrole nitrogens is 1. The monoisotopic (exact) mass is 390 g/mol. The van der Waals surface area contributed by atoms with Crippen LogP contribution in [0.5, 0.6) is 0 Å². The molecule has 0 saturated heterocycles. The molecule has 0 fully saturated rings. The van der Waals surface area contributed by atoms with E-state index in [1.165, 1.54) is 0 Å². The molecule has 0 atom stereocenters. The highest BCUT2D eigenvalue weighted by Gasteiger charge is 2.25. The minimum atomic E-state index is -0.233. The summed E-state index contributed by atoms with van der Waals surface area (Å²) in [7, 11) is 0. The Morgan fingerprint density at radius 3 is 2.73 bits per heavy atom. The second kappa shape index (κ2) is 7.15. The highest BCUT2D eigenvalue weighted by Crippen LogP contribution is 2.24. The first-order valence-corrected chi connectivity index (χ1v) is 9.41. The van der Waals surface area contributed by atoms with Gasteiger partial charge in [-0.25, -0.2) is 4.98 Å². The highest BCUT2D eigenvalue weighted by atomic mass is 16.1. The van der Waals surface area contributed by atoms with Crippen LogP contribution >= 0.6 is 0 Å². The molecule has 6 nitrogen and oxygen atoms in total. The summed E-state index contributed by atoms with van der Waals surface area (Å²) in [5, 5.41) is 14.0. The summed E-state index contributed by atoms with van der Waals surface area (Å²) >= 11 is 0. The SMILES string of the molecule is N#Cc1ccc(-c2[nH]c(C(=O)Nc3cccc4cnccc34)c3cccc[n+]23)cc1. The quantitative estimate of drug-likeness (QED) is 0.455. The Morgan fingerprint density at radius 1 is 1.03 bits per heavy atom. The number of benzene rings is 2. The van der Waals surface area contributed by atoms with Gasteiger partial charge in [-0.15, -0.1) is 0 Å². The van der Waals surface area contributed by atoms with Crippen molar-refractivity contribution in [3.05, 3.63) is 96.6 Å². The summed E-state index contributed by atoms with van der Waals surface area (Å²) in [6, 6.07) is 22.7. The van der Waals surface area contributed by atoms with Gasteiger partial charge in [0.05, 0.1) is 23.4 Å². The van der Waals surface area contributed by atoms with E-state index in [1.54, 1.807) is 24.5 Å². The predicted molar refractivity (Wildman–Crippen MR) is 114 cm³/mol. The van der Waals surface area contributed by atoms with Gasteiger partial charge in [-0.1, -0.05) is 18.2 Å². The Kier molecular flexibility index (Phi) is 4.19. The molecular weight excluding hydrogens is 374 g/mol. The van der Waals surface area contributed by atoms with Gasteiger partial charge in [0.1, 0.15) is 0 Å². The molecule has 3 aromatic heterocycles. The Morgan fingerprint density at radius 2 is 1.90 bits per heavy atom. The zero-order chi connectivity index (χ0) is 20.5. The molecule has 0 saturated carbocycles. The van der Waals surface area contributed by atoms with Crippen molar-refractivity contribution < 1.29 is 9.20 Å². The van der Waals surface area contributed by atoms with Crippen LogP contribution in [0.4, 0.5) is 5.69 Å². The van der Waals surface area contributed by atoms with E-state index in [4.69, 9.17) is 5.26 Å². The van der Waals surface area contributed by atoms with Crippen molar-refractivity contribution in [3.8, 4) is 17.5 Å². The number of hydrogen-bond donors (Lipinski definition) is 2. The second-order valence-corrected chi connectivity index (χ2v) is 6.85. The Hall–Kier alpha value is -4.50. The molecule has 0 aliphatic rings. The minimum Gasteiger partial charge on any atom is -0.318 e. The third-order valence-electron chi connectivity index (χ3n) is 5.04. The van der Waals surface area contributed by atoms with E-state index < -0.39 is 0 Å². The van der Waals surface area contributed by atoms with Crippen LogP contribution in [-0.4, -0.2) is 15.9 Å². The van der Waals surface area contributed by atoms with Gasteiger partial charge in [-0.3, -0.25) is 9.78 Å². The fourth-order valence-electron chi connectivity index (χ4n) is 3.59. The Balaban J connectivity index is 1.59. The number of hydrogen-bond acceptors (Lipinski definition) is 3. The van der Waals surface area contributed by atoms with Crippen molar-refractivity contribution in [3.63, 3.8) is 0 Å². The Bertz CT molecular complexity index is 1440. The van der Waals surface area contributed by atoms with Crippen LogP contribution in [0.3, 0.4) is 0 Å². The maximum Gasteiger partial charge on any atom is 0.300 e. The molecule has 1 amide bonds. The number of pyridine rings is 2. The number of fused-ring (bicyclic) bond motifs is 2. The molecule has 5 rings (SSSR count). The largest absolute Gasteiger partial charge is 0.318 e. The lowest BCUT2D eigenvalue weighted by Crippen LogP contribution is -2.22. The molecule has 3 heterocycles. The normalized spacial score (nSPS) is 10.8. The number of aromatic nitrogens is 3. The number of nitrogens with one attached hydrogen (secondary N) is 2. The van der Waals surface area contributed by atoms with Gasteiger partial charge in [-0.05, 0) is 48.5 Å². The number of nitrogens with zero attached hydrogens (tertiary/aromatic N) is 3. The first kappa shape index (κ1) is 17.6. The number of aromatic amines is 1. The van der Waals surface area contributed by atoms with Crippen molar-refractivity contribution >= 4 is 27.9 Å². The third-order valence-corrected chi connectivity index (χ3v) is 5.04. The molecule has 0 aliphatic heterocycles. The average molecular weight is 390 g/mol. The number of amides is 1. The molecule has 0 aliphatic carbocycles. The highest BCUT2D eigenvalue weighted by molar-refractivity contribution is 6.11. The first-order chi connectivity index (χ1) is 14.7. The van der Waals surface area contributed by atoms with Gasteiger partial charge >= 0.3 is 0 Å². The number of nitriles is 1. The molecule has 0 spiro atoms. The van der Waals surface area contributed by atoms with Gasteiger partial charge in [0.15, 0.2) is 5.52 Å². The number of carbonyl (C=O) groups excluding carboxylic acids is 1. The predicted octanol–water partition coefficient (Wildman–Crippen LogP) is 4.09. The fourth-order valence-corrected chi connectivity index (χ4v) is 3.59. The smallest absolute Gasteiger partial charge is 0.300 e. The van der Waals surface area contributed by atoms with Crippen molar-refractivity contribution in [1.82, 2.24) is 9.97 Å². The van der Waals surface area contributed by atoms with Crippen molar-refractivity contribution in [1.29, 1.82) is 5.26 Å². The van der Waals surface area contributed by atoms with E-state index >= 15 is 0 Å². The van der Waals surface area contributed by atoms with E-state index in [1.807, 2.05) is 65.2 Å². The van der Waals surface area contributed by atoms with E-state index in [9.17, 15) is 4.79 Å². The molecule has 2 aromatic carbocycles. The number of carbonyl (C=O) groups is 1. The van der Waals surface area contributed by atoms with Crippen LogP contribution in [0.2, 0.25) is 0 Å². The summed E-state index contributed by atoms with van der Waals surface area (Å²) in [6.07, 6.45) is 5.38. The molecule has 2 N–H and O–H groups in total. The average Bonchev–Trinajstić information content (AvgIpc) is 3.19. The van der Waals surface area contributed by atoms with Crippen molar-refractivity contribution in [2.45, 2.75) is 0 Å². The maximum atomic E-state index is 13.2. The lowest BCUT2D eigenvalue weighted by atomic mass is 10.1. The third kappa shape index (κ3) is 2.95. The molecular formula is C24H16N5O+. The van der Waals surface area contributed by atoms with Gasteiger partial charge in [0.25, 0.3) is 11.7 Å². The lowest BCUT2D eigenvalue weighted by Gasteiger charge is -2.06. The topological polar surface area (TPSA) is 85.7 Å². The van der Waals surface area contributed by atoms with Crippen LogP contribution in [0.15, 0.2) is 85.3 Å². The standard InChI is InChI=1S/C24H15N5O/c25-14-16-7-9-17(10-8-16)23-28-22(21-6-1-2-13-29(21)23)24(30)27-20-5-3-4-18-15-26-12-11-19(18)20/h1-13,15H,(H,27,30)/p+1. The van der Waals surface area contributed by atoms with Crippen LogP contribution in [0.1, 0.15) is 16.1 Å². The van der Waals surface area contributed by atoms with E-state index in [0.29, 0.717) is 11.3 Å². The molecule has 0 radical (unpaired) electrons. The maximum absolute atomic E-state index is 13.2. The second-order valence-electron chi connectivity index (χ2n) is 6.85. The summed E-state index contributed by atoms with van der Waals surface area (Å²) in [4.78, 5) is 20.6. The van der Waals surface area contributed by atoms with Crippen LogP contribution in [-0.2, 0) is 0 Å². The van der Waals surface area contributed by atoms with Crippen molar-refractivity contribution in [2.24, 2.45) is 0 Å². The van der Waals surface area contributed by atoms with Gasteiger partial charge in [-0.2, -0.15) is 9.66 Å². The summed E-state index contributed by atoms with van der Waals surface area (Å²) < 4.78 is 1.93. The fraction of sp³-hybridized carbons (Fsp3) is 0. The van der Waals surface area contributed by atoms with E-state index in [0.717, 1.165) is 33.4 Å². The zero-order valence-electron chi connectivity index (χ0n) is 15.8. The number of imidazole rings is 1. The summed E-state index contributed by atoms with van der Waals surface area (Å²) in [5.74, 6) is 0.533. The van der Waals surface area contributed by atoms with Crippen LogP contribution in [0, 0.1) is 11.3 Å². The summed E-state index contributed by atoms with van der Waals surface area (Å²) in [6.45, 7) is 0. The van der Waals surface area contributed by atoms with Gasteiger partial charge in [0, 0.05) is 28.9 Å². The molecule has 6 heteroatoms. The molecule has 5 aromatic rings. The number of rotatable bonds is 3. The molecule has 30 heavy (non-hydrogen) atoms.